The molecular formula is C21H15F3N2O2S. The van der Waals surface area contributed by atoms with Gasteiger partial charge in [0.15, 0.2) is 0 Å². The van der Waals surface area contributed by atoms with Crippen LogP contribution in [0.4, 0.5) is 13.2 Å². The van der Waals surface area contributed by atoms with Gasteiger partial charge in [0, 0.05) is 17.1 Å². The lowest BCUT2D eigenvalue weighted by Crippen LogP contribution is -2.20. The zero-order chi connectivity index (χ0) is 20.3. The van der Waals surface area contributed by atoms with Crippen LogP contribution in [0.3, 0.4) is 0 Å². The van der Waals surface area contributed by atoms with Gasteiger partial charge in [-0.15, -0.1) is 11.3 Å². The Morgan fingerprint density at radius 2 is 1.97 bits per heavy atom. The number of hydrogen-bond donors (Lipinski definition) is 2. The Morgan fingerprint density at radius 3 is 2.69 bits per heavy atom. The molecule has 4 nitrogen and oxygen atoms in total. The molecule has 0 radical (unpaired) electrons. The number of nitrogens with one attached hydrogen (secondary N) is 1. The third kappa shape index (κ3) is 2.90. The maximum atomic E-state index is 14.3. The predicted octanol–water partition coefficient (Wildman–Crippen LogP) is 5.13. The molecule has 0 aliphatic heterocycles. The van der Waals surface area contributed by atoms with Gasteiger partial charge in [0.2, 0.25) is 0 Å². The van der Waals surface area contributed by atoms with Crippen molar-refractivity contribution >= 4 is 31.8 Å². The maximum absolute atomic E-state index is 14.3. The van der Waals surface area contributed by atoms with Crippen LogP contribution in [-0.2, 0) is 19.0 Å². The van der Waals surface area contributed by atoms with E-state index in [1.807, 2.05) is 30.3 Å². The summed E-state index contributed by atoms with van der Waals surface area (Å²) in [5, 5.41) is 9.96. The SMILES string of the molecule is O=c1cc(O)c2sc3nc4c(c(C(F)(F)F)c3c2[nH]1)CC(c1ccccc1)CC4. The summed E-state index contributed by atoms with van der Waals surface area (Å²) in [6, 6.07) is 10.5. The van der Waals surface area contributed by atoms with Gasteiger partial charge in [-0.3, -0.25) is 4.79 Å². The van der Waals surface area contributed by atoms with Gasteiger partial charge < -0.3 is 10.1 Å². The summed E-state index contributed by atoms with van der Waals surface area (Å²) in [5.41, 5.74) is 0.250. The van der Waals surface area contributed by atoms with E-state index in [4.69, 9.17) is 0 Å². The molecule has 0 fully saturated rings. The number of pyridine rings is 2. The fourth-order valence-electron chi connectivity index (χ4n) is 4.27. The molecule has 4 aromatic rings. The van der Waals surface area contributed by atoms with E-state index in [0.29, 0.717) is 12.1 Å². The van der Waals surface area contributed by atoms with Crippen molar-refractivity contribution in [3.8, 4) is 5.75 Å². The summed E-state index contributed by atoms with van der Waals surface area (Å²) in [6.45, 7) is 0. The highest BCUT2D eigenvalue weighted by atomic mass is 32.1. The van der Waals surface area contributed by atoms with Crippen molar-refractivity contribution in [2.45, 2.75) is 31.4 Å². The summed E-state index contributed by atoms with van der Waals surface area (Å²) >= 11 is 0.966. The number of aromatic amines is 1. The Bertz CT molecular complexity index is 1310. The molecule has 1 atom stereocenters. The third-order valence-corrected chi connectivity index (χ3v) is 6.62. The number of thiophene rings is 1. The van der Waals surface area contributed by atoms with E-state index in [9.17, 15) is 23.1 Å². The van der Waals surface area contributed by atoms with Gasteiger partial charge in [0.05, 0.1) is 15.8 Å². The Balaban J connectivity index is 1.82. The highest BCUT2D eigenvalue weighted by Gasteiger charge is 2.40. The molecule has 1 aliphatic rings. The predicted molar refractivity (Wildman–Crippen MR) is 106 cm³/mol. The molecule has 0 saturated carbocycles. The van der Waals surface area contributed by atoms with Crippen molar-refractivity contribution in [2.75, 3.05) is 0 Å². The number of halogens is 3. The number of aromatic hydroxyl groups is 1. The summed E-state index contributed by atoms with van der Waals surface area (Å²) in [6.07, 6.45) is -3.21. The first kappa shape index (κ1) is 18.2. The van der Waals surface area contributed by atoms with Gasteiger partial charge in [-0.2, -0.15) is 13.2 Å². The third-order valence-electron chi connectivity index (χ3n) is 5.51. The smallest absolute Gasteiger partial charge is 0.417 e. The molecule has 1 aromatic carbocycles. The second-order valence-corrected chi connectivity index (χ2v) is 8.26. The molecule has 0 saturated heterocycles. The Morgan fingerprint density at radius 1 is 1.21 bits per heavy atom. The number of alkyl halides is 3. The average molecular weight is 416 g/mol. The molecule has 3 heterocycles. The molecule has 0 spiro atoms. The van der Waals surface area contributed by atoms with Crippen LogP contribution >= 0.6 is 11.3 Å². The van der Waals surface area contributed by atoms with E-state index in [2.05, 4.69) is 9.97 Å². The van der Waals surface area contributed by atoms with Crippen LogP contribution < -0.4 is 5.56 Å². The fraction of sp³-hybridized carbons (Fsp3) is 0.238. The number of hydrogen-bond acceptors (Lipinski definition) is 4. The number of fused-ring (bicyclic) bond motifs is 4. The molecule has 2 N–H and O–H groups in total. The van der Waals surface area contributed by atoms with Crippen LogP contribution in [0, 0.1) is 0 Å². The van der Waals surface area contributed by atoms with Crippen LogP contribution in [0.2, 0.25) is 0 Å². The molecule has 8 heteroatoms. The normalized spacial score (nSPS) is 17.0. The number of aryl methyl sites for hydroxylation is 1. The lowest BCUT2D eigenvalue weighted by molar-refractivity contribution is -0.137. The van der Waals surface area contributed by atoms with E-state index in [1.165, 1.54) is 0 Å². The van der Waals surface area contributed by atoms with Crippen molar-refractivity contribution in [2.24, 2.45) is 0 Å². The Hall–Kier alpha value is -2.87. The summed E-state index contributed by atoms with van der Waals surface area (Å²) in [7, 11) is 0. The van der Waals surface area contributed by atoms with Crippen LogP contribution in [-0.4, -0.2) is 15.1 Å². The monoisotopic (exact) mass is 416 g/mol. The first-order chi connectivity index (χ1) is 13.8. The van der Waals surface area contributed by atoms with Crippen LogP contribution in [0.25, 0.3) is 20.4 Å². The Kier molecular flexibility index (Phi) is 3.96. The second kappa shape index (κ2) is 6.32. The van der Waals surface area contributed by atoms with Crippen molar-refractivity contribution in [1.29, 1.82) is 0 Å². The number of rotatable bonds is 1. The van der Waals surface area contributed by atoms with Gasteiger partial charge in [0.1, 0.15) is 10.6 Å². The van der Waals surface area contributed by atoms with E-state index < -0.39 is 17.3 Å². The largest absolute Gasteiger partial charge is 0.506 e. The minimum atomic E-state index is -4.61. The fourth-order valence-corrected chi connectivity index (χ4v) is 5.35. The molecule has 148 valence electrons. The highest BCUT2D eigenvalue weighted by Crippen LogP contribution is 2.47. The number of benzene rings is 1. The summed E-state index contributed by atoms with van der Waals surface area (Å²) < 4.78 is 43.0. The van der Waals surface area contributed by atoms with Crippen LogP contribution in [0.15, 0.2) is 41.2 Å². The van der Waals surface area contributed by atoms with Crippen molar-refractivity contribution < 1.29 is 18.3 Å². The van der Waals surface area contributed by atoms with E-state index in [-0.39, 0.29) is 44.1 Å². The zero-order valence-electron chi connectivity index (χ0n) is 15.0. The minimum Gasteiger partial charge on any atom is -0.506 e. The first-order valence-corrected chi connectivity index (χ1v) is 9.97. The molecule has 1 aliphatic carbocycles. The summed E-state index contributed by atoms with van der Waals surface area (Å²) in [5.74, 6) is -0.360. The van der Waals surface area contributed by atoms with E-state index in [0.717, 1.165) is 29.4 Å². The molecule has 29 heavy (non-hydrogen) atoms. The average Bonchev–Trinajstić information content (AvgIpc) is 3.03. The van der Waals surface area contributed by atoms with E-state index in [1.54, 1.807) is 0 Å². The van der Waals surface area contributed by atoms with Crippen LogP contribution in [0.5, 0.6) is 5.75 Å². The lowest BCUT2D eigenvalue weighted by Gasteiger charge is -2.27. The van der Waals surface area contributed by atoms with E-state index >= 15 is 0 Å². The van der Waals surface area contributed by atoms with Crippen molar-refractivity contribution in [3.05, 3.63) is 69.1 Å². The lowest BCUT2D eigenvalue weighted by atomic mass is 9.80. The topological polar surface area (TPSA) is 66.0 Å². The molecule has 1 unspecified atom stereocenters. The van der Waals surface area contributed by atoms with Gasteiger partial charge in [-0.1, -0.05) is 30.3 Å². The van der Waals surface area contributed by atoms with Crippen molar-refractivity contribution in [1.82, 2.24) is 9.97 Å². The number of aromatic nitrogens is 2. The molecule has 0 amide bonds. The molecule has 5 rings (SSSR count). The quantitative estimate of drug-likeness (QED) is 0.452. The van der Waals surface area contributed by atoms with Gasteiger partial charge >= 0.3 is 6.18 Å². The van der Waals surface area contributed by atoms with Gasteiger partial charge in [0.25, 0.3) is 5.56 Å². The molecule has 3 aromatic heterocycles. The summed E-state index contributed by atoms with van der Waals surface area (Å²) in [4.78, 5) is 19.0. The van der Waals surface area contributed by atoms with Gasteiger partial charge in [-0.25, -0.2) is 4.98 Å². The van der Waals surface area contributed by atoms with Gasteiger partial charge in [-0.05, 0) is 36.3 Å². The molecular weight excluding hydrogens is 401 g/mol. The number of H-pyrrole nitrogens is 1. The second-order valence-electron chi connectivity index (χ2n) is 7.27. The zero-order valence-corrected chi connectivity index (χ0v) is 15.8. The minimum absolute atomic E-state index is 0.000500. The van der Waals surface area contributed by atoms with Crippen LogP contribution in [0.1, 0.15) is 34.7 Å². The molecule has 0 bridgehead atoms. The standard InChI is InChI=1S/C21H15F3N2O2S/c22-21(23,24)17-12-8-11(10-4-2-1-3-5-10)6-7-13(12)25-20-16(17)18-19(29-20)14(27)9-15(28)26-18/h1-5,9,11H,6-8H2,(H2,26,27,28). The first-order valence-electron chi connectivity index (χ1n) is 9.15. The highest BCUT2D eigenvalue weighted by molar-refractivity contribution is 7.25. The maximum Gasteiger partial charge on any atom is 0.417 e. The number of nitrogens with zero attached hydrogens (tertiary/aromatic N) is 1. The van der Waals surface area contributed by atoms with Crippen molar-refractivity contribution in [3.63, 3.8) is 0 Å². The Labute approximate surface area is 166 Å².